The Morgan fingerprint density at radius 1 is 0.286 bits per heavy atom. The summed E-state index contributed by atoms with van der Waals surface area (Å²) in [6, 6.07) is 0. The first-order chi connectivity index (χ1) is 16.8. The van der Waals surface area contributed by atoms with Crippen molar-refractivity contribution < 1.29 is 8.97 Å². The molecule has 0 rings (SSSR count). The highest BCUT2D eigenvalue weighted by atomic mass is 15.5. The molecule has 0 atom stereocenters. The molecule has 0 aliphatic heterocycles. The fraction of sp³-hybridized carbons (Fsp3) is 1.00. The molecule has 0 spiro atoms. The van der Waals surface area contributed by atoms with Gasteiger partial charge in [-0.1, -0.05) is 142 Å². The highest BCUT2D eigenvalue weighted by Crippen LogP contribution is 2.16. The van der Waals surface area contributed by atoms with Gasteiger partial charge >= 0.3 is 0 Å². The quantitative estimate of drug-likeness (QED) is 0.0574. The topological polar surface area (TPSA) is 0 Å². The predicted molar refractivity (Wildman–Crippen MR) is 161 cm³/mol. The zero-order valence-corrected chi connectivity index (χ0v) is 26.0. The van der Waals surface area contributed by atoms with Crippen LogP contribution in [0.3, 0.4) is 0 Å². The van der Waals surface area contributed by atoms with E-state index in [0.29, 0.717) is 0 Å². The lowest BCUT2D eigenvalue weighted by Gasteiger charge is -2.39. The molecule has 0 saturated heterocycles. The first kappa shape index (κ1) is 34.9. The van der Waals surface area contributed by atoms with E-state index in [-0.39, 0.29) is 0 Å². The largest absolute Gasteiger partial charge is 0.282 e. The van der Waals surface area contributed by atoms with Crippen LogP contribution < -0.4 is 0 Å². The minimum absolute atomic E-state index is 1.18. The molecule has 0 unspecified atom stereocenters. The number of hydrogen-bond donors (Lipinski definition) is 0. The molecule has 35 heavy (non-hydrogen) atoms. The normalized spacial score (nSPS) is 12.5. The van der Waals surface area contributed by atoms with Crippen molar-refractivity contribution in [3.05, 3.63) is 0 Å². The molecule has 0 fully saturated rings. The average Bonchev–Trinajstić information content (AvgIpc) is 2.79. The Hall–Kier alpha value is -0.0800. The maximum atomic E-state index is 2.46. The molecular formula is C33H72N2+2. The van der Waals surface area contributed by atoms with Crippen molar-refractivity contribution in [2.24, 2.45) is 0 Å². The molecule has 0 N–H and O–H groups in total. The number of hydrogen-bond acceptors (Lipinski definition) is 0. The highest BCUT2D eigenvalue weighted by Gasteiger charge is 2.26. The molecule has 0 heterocycles. The summed E-state index contributed by atoms with van der Waals surface area (Å²) in [5, 5.41) is 0. The van der Waals surface area contributed by atoms with Gasteiger partial charge in [-0.3, -0.25) is 8.97 Å². The monoisotopic (exact) mass is 497 g/mol. The summed E-state index contributed by atoms with van der Waals surface area (Å²) in [5.41, 5.74) is 0. The molecule has 0 amide bonds. The highest BCUT2D eigenvalue weighted by molar-refractivity contribution is 4.50. The fourth-order valence-corrected chi connectivity index (χ4v) is 5.94. The van der Waals surface area contributed by atoms with Crippen molar-refractivity contribution in [2.75, 3.05) is 47.9 Å². The standard InChI is InChI=1S/C33H72N2/c1-7-9-11-13-15-17-19-21-23-25-27-29-31-34(3,4)33-35(5,6)32-30-28-26-24-22-20-18-16-14-12-10-8-2/h7-33H2,1-6H3/q+2. The van der Waals surface area contributed by atoms with Gasteiger partial charge in [-0.2, -0.15) is 0 Å². The zero-order valence-electron chi connectivity index (χ0n) is 26.0. The van der Waals surface area contributed by atoms with E-state index in [1.807, 2.05) is 0 Å². The van der Waals surface area contributed by atoms with E-state index in [2.05, 4.69) is 42.0 Å². The van der Waals surface area contributed by atoms with Gasteiger partial charge in [-0.15, -0.1) is 0 Å². The van der Waals surface area contributed by atoms with E-state index in [4.69, 9.17) is 0 Å². The van der Waals surface area contributed by atoms with Crippen LogP contribution in [0.1, 0.15) is 168 Å². The maximum absolute atomic E-state index is 2.46. The van der Waals surface area contributed by atoms with Crippen molar-refractivity contribution in [1.29, 1.82) is 0 Å². The van der Waals surface area contributed by atoms with E-state index in [0.717, 1.165) is 0 Å². The molecular weight excluding hydrogens is 424 g/mol. The van der Waals surface area contributed by atoms with Gasteiger partial charge in [-0.25, -0.2) is 0 Å². The Morgan fingerprint density at radius 3 is 0.714 bits per heavy atom. The first-order valence-electron chi connectivity index (χ1n) is 16.5. The van der Waals surface area contributed by atoms with Crippen molar-refractivity contribution in [1.82, 2.24) is 0 Å². The van der Waals surface area contributed by atoms with Gasteiger partial charge in [0.05, 0.1) is 41.3 Å². The molecule has 0 saturated carbocycles. The fourth-order valence-electron chi connectivity index (χ4n) is 5.94. The molecule has 0 bridgehead atoms. The summed E-state index contributed by atoms with van der Waals surface area (Å²) < 4.78 is 2.37. The molecule has 0 aliphatic carbocycles. The summed E-state index contributed by atoms with van der Waals surface area (Å²) in [5.74, 6) is 0. The lowest BCUT2D eigenvalue weighted by molar-refractivity contribution is -1.07. The third-order valence-corrected chi connectivity index (χ3v) is 8.00. The smallest absolute Gasteiger partial charge is 0.206 e. The summed E-state index contributed by atoms with van der Waals surface area (Å²) in [7, 11) is 9.84. The number of rotatable bonds is 28. The van der Waals surface area contributed by atoms with Gasteiger partial charge in [-0.05, 0) is 25.7 Å². The minimum Gasteiger partial charge on any atom is -0.282 e. The molecule has 212 valence electrons. The maximum Gasteiger partial charge on any atom is 0.206 e. The Labute approximate surface area is 224 Å². The summed E-state index contributed by atoms with van der Waals surface area (Å²) >= 11 is 0. The van der Waals surface area contributed by atoms with Crippen LogP contribution in [0.15, 0.2) is 0 Å². The van der Waals surface area contributed by atoms with Gasteiger partial charge < -0.3 is 0 Å². The average molecular weight is 497 g/mol. The van der Waals surface area contributed by atoms with Crippen LogP contribution in [0.4, 0.5) is 0 Å². The molecule has 0 radical (unpaired) electrons. The Bertz CT molecular complexity index is 377. The van der Waals surface area contributed by atoms with Crippen LogP contribution in [0.2, 0.25) is 0 Å². The molecule has 0 aliphatic rings. The van der Waals surface area contributed by atoms with Crippen LogP contribution in [0.25, 0.3) is 0 Å². The van der Waals surface area contributed by atoms with Gasteiger partial charge in [0, 0.05) is 0 Å². The van der Waals surface area contributed by atoms with Gasteiger partial charge in [0.2, 0.25) is 6.67 Å². The zero-order chi connectivity index (χ0) is 26.1. The van der Waals surface area contributed by atoms with E-state index in [1.165, 1.54) is 183 Å². The number of unbranched alkanes of at least 4 members (excludes halogenated alkanes) is 22. The van der Waals surface area contributed by atoms with Crippen LogP contribution in [0.5, 0.6) is 0 Å². The lowest BCUT2D eigenvalue weighted by atomic mass is 10.1. The van der Waals surface area contributed by atoms with Crippen molar-refractivity contribution in [3.63, 3.8) is 0 Å². The SMILES string of the molecule is CCCCCCCCCCCCCC[N+](C)(C)C[N+](C)(C)CCCCCCCCCCCCCC. The summed E-state index contributed by atoms with van der Waals surface area (Å²) in [6.45, 7) is 8.58. The Balaban J connectivity index is 3.60. The minimum atomic E-state index is 1.18. The van der Waals surface area contributed by atoms with Gasteiger partial charge in [0.1, 0.15) is 0 Å². The third-order valence-electron chi connectivity index (χ3n) is 8.00. The lowest BCUT2D eigenvalue weighted by Crippen LogP contribution is -2.56. The predicted octanol–water partition coefficient (Wildman–Crippen LogP) is 10.5. The van der Waals surface area contributed by atoms with E-state index in [1.54, 1.807) is 0 Å². The summed E-state index contributed by atoms with van der Waals surface area (Å²) in [6.07, 6.45) is 34.7. The van der Waals surface area contributed by atoms with Crippen LogP contribution >= 0.6 is 0 Å². The molecule has 2 nitrogen and oxygen atoms in total. The third kappa shape index (κ3) is 26.8. The molecule has 0 aromatic carbocycles. The first-order valence-corrected chi connectivity index (χ1v) is 16.5. The number of nitrogens with zero attached hydrogens (tertiary/aromatic N) is 2. The van der Waals surface area contributed by atoms with E-state index in [9.17, 15) is 0 Å². The molecule has 0 aromatic heterocycles. The Kier molecular flexibility index (Phi) is 24.2. The van der Waals surface area contributed by atoms with Crippen LogP contribution in [-0.4, -0.2) is 56.9 Å². The van der Waals surface area contributed by atoms with Gasteiger partial charge in [0.25, 0.3) is 0 Å². The second-order valence-electron chi connectivity index (χ2n) is 13.2. The molecule has 0 aromatic rings. The van der Waals surface area contributed by atoms with E-state index < -0.39 is 0 Å². The number of quaternary nitrogens is 2. The second kappa shape index (κ2) is 24.3. The van der Waals surface area contributed by atoms with Crippen molar-refractivity contribution in [2.45, 2.75) is 168 Å². The second-order valence-corrected chi connectivity index (χ2v) is 13.2. The Morgan fingerprint density at radius 2 is 0.486 bits per heavy atom. The van der Waals surface area contributed by atoms with Crippen molar-refractivity contribution >= 4 is 0 Å². The van der Waals surface area contributed by atoms with Gasteiger partial charge in [0.15, 0.2) is 0 Å². The van der Waals surface area contributed by atoms with E-state index >= 15 is 0 Å². The van der Waals surface area contributed by atoms with Crippen molar-refractivity contribution in [3.8, 4) is 0 Å². The summed E-state index contributed by atoms with van der Waals surface area (Å²) in [4.78, 5) is 0. The van der Waals surface area contributed by atoms with Crippen LogP contribution in [0, 0.1) is 0 Å². The van der Waals surface area contributed by atoms with Crippen LogP contribution in [-0.2, 0) is 0 Å². The molecule has 2 heteroatoms.